The van der Waals surface area contributed by atoms with E-state index in [4.69, 9.17) is 9.47 Å². The van der Waals surface area contributed by atoms with Gasteiger partial charge in [-0.05, 0) is 42.7 Å². The third-order valence-corrected chi connectivity index (χ3v) is 5.66. The van der Waals surface area contributed by atoms with Gasteiger partial charge in [0, 0.05) is 17.4 Å². The number of amides is 1. The quantitative estimate of drug-likeness (QED) is 0.380. The maximum atomic E-state index is 12.3. The average Bonchev–Trinajstić information content (AvgIpc) is 3.37. The lowest BCUT2D eigenvalue weighted by Gasteiger charge is -2.06. The van der Waals surface area contributed by atoms with Crippen LogP contribution in [0.4, 0.5) is 5.95 Å². The molecule has 1 N–H and O–H groups in total. The van der Waals surface area contributed by atoms with Crippen molar-refractivity contribution >= 4 is 28.2 Å². The minimum absolute atomic E-state index is 0.133. The van der Waals surface area contributed by atoms with Crippen LogP contribution in [0.1, 0.15) is 25.3 Å². The maximum absolute atomic E-state index is 12.3. The summed E-state index contributed by atoms with van der Waals surface area (Å²) in [6.07, 6.45) is 1.95. The van der Waals surface area contributed by atoms with Crippen LogP contribution in [0, 0.1) is 0 Å². The van der Waals surface area contributed by atoms with Gasteiger partial charge in [0.15, 0.2) is 0 Å². The van der Waals surface area contributed by atoms with E-state index in [-0.39, 0.29) is 5.91 Å². The molecule has 0 saturated heterocycles. The number of thiazole rings is 1. The van der Waals surface area contributed by atoms with Gasteiger partial charge in [-0.3, -0.25) is 10.1 Å². The van der Waals surface area contributed by atoms with Gasteiger partial charge in [-0.15, -0.1) is 16.4 Å². The van der Waals surface area contributed by atoms with Gasteiger partial charge in [-0.25, -0.2) is 4.52 Å². The molecule has 8 heteroatoms. The molecule has 2 aromatic heterocycles. The summed E-state index contributed by atoms with van der Waals surface area (Å²) in [6.45, 7) is 2.59. The topological polar surface area (TPSA) is 77.8 Å². The second-order valence-corrected chi connectivity index (χ2v) is 7.82. The highest BCUT2D eigenvalue weighted by molar-refractivity contribution is 7.15. The minimum atomic E-state index is -0.133. The largest absolute Gasteiger partial charge is 0.497 e. The van der Waals surface area contributed by atoms with Crippen LogP contribution in [-0.4, -0.2) is 34.2 Å². The van der Waals surface area contributed by atoms with Crippen LogP contribution in [0.2, 0.25) is 0 Å². The third kappa shape index (κ3) is 5.03. The molecule has 2 heterocycles. The van der Waals surface area contributed by atoms with Crippen molar-refractivity contribution < 1.29 is 14.3 Å². The molecule has 4 rings (SSSR count). The molecule has 160 valence electrons. The fourth-order valence-electron chi connectivity index (χ4n) is 3.15. The maximum Gasteiger partial charge on any atom is 0.250 e. The van der Waals surface area contributed by atoms with Crippen LogP contribution < -0.4 is 14.8 Å². The van der Waals surface area contributed by atoms with Crippen molar-refractivity contribution in [3.63, 3.8) is 0 Å². The highest BCUT2D eigenvalue weighted by Gasteiger charge is 2.14. The highest BCUT2D eigenvalue weighted by atomic mass is 32.1. The summed E-state index contributed by atoms with van der Waals surface area (Å²) in [6, 6.07) is 15.8. The van der Waals surface area contributed by atoms with E-state index in [2.05, 4.69) is 34.5 Å². The third-order valence-electron chi connectivity index (χ3n) is 4.85. The molecular formula is C23H24N4O3S. The van der Waals surface area contributed by atoms with Crippen molar-refractivity contribution in [2.45, 2.75) is 26.2 Å². The number of hydrogen-bond acceptors (Lipinski definition) is 6. The van der Waals surface area contributed by atoms with Crippen LogP contribution in [0.25, 0.3) is 16.2 Å². The number of anilines is 1. The van der Waals surface area contributed by atoms with E-state index < -0.39 is 0 Å². The zero-order valence-electron chi connectivity index (χ0n) is 17.5. The number of fused-ring (bicyclic) bond motifs is 1. The number of carbonyl (C=O) groups excluding carboxylic acids is 1. The van der Waals surface area contributed by atoms with Crippen molar-refractivity contribution in [2.24, 2.45) is 0 Å². The summed E-state index contributed by atoms with van der Waals surface area (Å²) in [7, 11) is 1.64. The van der Waals surface area contributed by atoms with E-state index in [1.54, 1.807) is 11.6 Å². The second-order valence-electron chi connectivity index (χ2n) is 6.98. The van der Waals surface area contributed by atoms with E-state index in [1.807, 2.05) is 41.8 Å². The molecule has 0 fully saturated rings. The number of aryl methyl sites for hydroxylation is 1. The summed E-state index contributed by atoms with van der Waals surface area (Å²) in [5.41, 5.74) is 3.14. The minimum Gasteiger partial charge on any atom is -0.497 e. The van der Waals surface area contributed by atoms with Crippen LogP contribution >= 0.6 is 11.3 Å². The lowest BCUT2D eigenvalue weighted by molar-refractivity contribution is -0.116. The molecular weight excluding hydrogens is 412 g/mol. The fourth-order valence-corrected chi connectivity index (χ4v) is 3.98. The molecule has 0 atom stereocenters. The van der Waals surface area contributed by atoms with Gasteiger partial charge in [0.05, 0.1) is 19.4 Å². The Bertz CT molecular complexity index is 1170. The first kappa shape index (κ1) is 20.9. The summed E-state index contributed by atoms with van der Waals surface area (Å²) in [5, 5.41) is 9.21. The molecule has 2 aromatic carbocycles. The van der Waals surface area contributed by atoms with Gasteiger partial charge in [0.1, 0.15) is 11.5 Å². The Morgan fingerprint density at radius 1 is 1.16 bits per heavy atom. The van der Waals surface area contributed by atoms with Crippen molar-refractivity contribution in [2.75, 3.05) is 19.0 Å². The van der Waals surface area contributed by atoms with Gasteiger partial charge in [0.25, 0.3) is 0 Å². The fraction of sp³-hybridized carbons (Fsp3) is 0.261. The van der Waals surface area contributed by atoms with Gasteiger partial charge in [0.2, 0.25) is 16.8 Å². The van der Waals surface area contributed by atoms with E-state index in [1.165, 1.54) is 16.9 Å². The van der Waals surface area contributed by atoms with Crippen LogP contribution in [0.5, 0.6) is 11.5 Å². The number of hydrogen-bond donors (Lipinski definition) is 1. The molecule has 4 aromatic rings. The smallest absolute Gasteiger partial charge is 0.250 e. The second kappa shape index (κ2) is 9.61. The molecule has 1 amide bonds. The molecule has 0 bridgehead atoms. The van der Waals surface area contributed by atoms with E-state index in [9.17, 15) is 4.79 Å². The Labute approximate surface area is 184 Å². The Morgan fingerprint density at radius 3 is 2.77 bits per heavy atom. The molecule has 0 aliphatic carbocycles. The molecule has 0 radical (unpaired) electrons. The first-order valence-electron chi connectivity index (χ1n) is 10.2. The Balaban J connectivity index is 1.32. The SMILES string of the molecule is CCc1ccc(OCCCC(=O)Nc2nc3scc(-c4cccc(OC)c4)n3n2)cc1. The molecule has 0 unspecified atom stereocenters. The average molecular weight is 437 g/mol. The van der Waals surface area contributed by atoms with E-state index in [0.29, 0.717) is 30.4 Å². The number of aromatic nitrogens is 3. The summed E-state index contributed by atoms with van der Waals surface area (Å²) in [4.78, 5) is 17.4. The van der Waals surface area contributed by atoms with Gasteiger partial charge in [-0.2, -0.15) is 4.98 Å². The first-order chi connectivity index (χ1) is 15.2. The number of methoxy groups -OCH3 is 1. The number of nitrogens with zero attached hydrogens (tertiary/aromatic N) is 3. The van der Waals surface area contributed by atoms with E-state index in [0.717, 1.165) is 29.2 Å². The van der Waals surface area contributed by atoms with Crippen LogP contribution in [0.15, 0.2) is 53.9 Å². The standard InChI is InChI=1S/C23H24N4O3S/c1-3-16-9-11-18(12-10-16)30-13-5-8-21(28)24-22-25-23-27(26-22)20(15-31-23)17-6-4-7-19(14-17)29-2/h4,6-7,9-12,14-15H,3,5,8,13H2,1-2H3,(H,24,26,28). The number of carbonyl (C=O) groups is 1. The summed E-state index contributed by atoms with van der Waals surface area (Å²) >= 11 is 1.47. The number of rotatable bonds is 9. The van der Waals surface area contributed by atoms with Gasteiger partial charge in [-0.1, -0.05) is 31.2 Å². The molecule has 7 nitrogen and oxygen atoms in total. The molecule has 0 spiro atoms. The Kier molecular flexibility index (Phi) is 6.47. The first-order valence-corrected chi connectivity index (χ1v) is 11.0. The summed E-state index contributed by atoms with van der Waals surface area (Å²) < 4.78 is 12.7. The molecule has 31 heavy (non-hydrogen) atoms. The predicted molar refractivity (Wildman–Crippen MR) is 122 cm³/mol. The van der Waals surface area contributed by atoms with Gasteiger partial charge < -0.3 is 9.47 Å². The van der Waals surface area contributed by atoms with Crippen molar-refractivity contribution in [3.05, 3.63) is 59.5 Å². The summed E-state index contributed by atoms with van der Waals surface area (Å²) in [5.74, 6) is 1.76. The van der Waals surface area contributed by atoms with Crippen LogP contribution in [-0.2, 0) is 11.2 Å². The molecule has 0 saturated carbocycles. The van der Waals surface area contributed by atoms with Crippen molar-refractivity contribution in [1.29, 1.82) is 0 Å². The number of ether oxygens (including phenoxy) is 2. The van der Waals surface area contributed by atoms with Crippen molar-refractivity contribution in [3.8, 4) is 22.8 Å². The zero-order valence-corrected chi connectivity index (χ0v) is 18.3. The normalized spacial score (nSPS) is 10.9. The number of benzene rings is 2. The Hall–Kier alpha value is -3.39. The lowest BCUT2D eigenvalue weighted by atomic mass is 10.2. The lowest BCUT2D eigenvalue weighted by Crippen LogP contribution is -2.14. The predicted octanol–water partition coefficient (Wildman–Crippen LogP) is 4.83. The highest BCUT2D eigenvalue weighted by Crippen LogP contribution is 2.28. The van der Waals surface area contributed by atoms with Gasteiger partial charge >= 0.3 is 0 Å². The molecule has 0 aliphatic rings. The number of nitrogens with one attached hydrogen (secondary N) is 1. The Morgan fingerprint density at radius 2 is 2.00 bits per heavy atom. The molecule has 0 aliphatic heterocycles. The van der Waals surface area contributed by atoms with E-state index >= 15 is 0 Å². The monoisotopic (exact) mass is 436 g/mol. The zero-order chi connectivity index (χ0) is 21.6. The van der Waals surface area contributed by atoms with Crippen molar-refractivity contribution in [1.82, 2.24) is 14.6 Å². The van der Waals surface area contributed by atoms with Crippen LogP contribution in [0.3, 0.4) is 0 Å².